The third-order valence-corrected chi connectivity index (χ3v) is 10.7. The second-order valence-electron chi connectivity index (χ2n) is 8.88. The maximum atomic E-state index is 12.7. The predicted molar refractivity (Wildman–Crippen MR) is 102 cm³/mol. The molecule has 0 saturated heterocycles. The lowest BCUT2D eigenvalue weighted by Gasteiger charge is -2.35. The van der Waals surface area contributed by atoms with Crippen molar-refractivity contribution in [3.8, 4) is 0 Å². The number of methoxy groups -OCH3 is 2. The van der Waals surface area contributed by atoms with Crippen molar-refractivity contribution >= 4 is 20.0 Å². The van der Waals surface area contributed by atoms with E-state index in [1.807, 2.05) is 0 Å². The molecule has 5 heteroatoms. The molecule has 0 aromatic heterocycles. The molecule has 2 aliphatic rings. The Hall–Kier alpha value is -0.843. The molecule has 2 rings (SSSR count). The van der Waals surface area contributed by atoms with Crippen molar-refractivity contribution in [2.24, 2.45) is 23.2 Å². The first-order valence-electron chi connectivity index (χ1n) is 9.99. The van der Waals surface area contributed by atoms with E-state index in [1.54, 1.807) is 0 Å². The maximum absolute atomic E-state index is 12.7. The van der Waals surface area contributed by atoms with Crippen molar-refractivity contribution in [2.45, 2.75) is 77.1 Å². The molecule has 2 fully saturated rings. The Kier molecular flexibility index (Phi) is 6.74. The smallest absolute Gasteiger partial charge is 0.323 e. The van der Waals surface area contributed by atoms with Crippen LogP contribution in [0.15, 0.2) is 0 Å². The number of ether oxygens (including phenoxy) is 2. The molecule has 0 aliphatic heterocycles. The molecule has 0 bridgehead atoms. The number of esters is 2. The summed E-state index contributed by atoms with van der Waals surface area (Å²) in [5.41, 5.74) is -1.06. The van der Waals surface area contributed by atoms with E-state index < -0.39 is 13.5 Å². The highest BCUT2D eigenvalue weighted by Crippen LogP contribution is 2.58. The highest BCUT2D eigenvalue weighted by Gasteiger charge is 2.63. The minimum atomic E-state index is -1.07. The lowest BCUT2D eigenvalue weighted by Crippen LogP contribution is -2.46. The third kappa shape index (κ3) is 3.96. The molecule has 144 valence electrons. The summed E-state index contributed by atoms with van der Waals surface area (Å²) in [5, 5.41) is 0. The number of hydrogen-bond acceptors (Lipinski definition) is 4. The van der Waals surface area contributed by atoms with Crippen LogP contribution < -0.4 is 0 Å². The van der Waals surface area contributed by atoms with Gasteiger partial charge < -0.3 is 9.47 Å². The van der Waals surface area contributed by atoms with Gasteiger partial charge in [-0.25, -0.2) is 0 Å². The monoisotopic (exact) mass is 368 g/mol. The van der Waals surface area contributed by atoms with Crippen molar-refractivity contribution in [2.75, 3.05) is 14.2 Å². The van der Waals surface area contributed by atoms with Crippen LogP contribution in [0.25, 0.3) is 0 Å². The predicted octanol–water partition coefficient (Wildman–Crippen LogP) is 4.65. The number of carbonyl (C=O) groups is 2. The minimum Gasteiger partial charge on any atom is -0.468 e. The quantitative estimate of drug-likeness (QED) is 0.373. The largest absolute Gasteiger partial charge is 0.468 e. The average Bonchev–Trinajstić information content (AvgIpc) is 2.96. The van der Waals surface area contributed by atoms with Gasteiger partial charge in [-0.05, 0) is 37.0 Å². The molecule has 2 saturated carbocycles. The Morgan fingerprint density at radius 2 is 1.68 bits per heavy atom. The van der Waals surface area contributed by atoms with Crippen molar-refractivity contribution in [1.82, 2.24) is 0 Å². The number of rotatable bonds is 7. The zero-order valence-electron chi connectivity index (χ0n) is 16.7. The Morgan fingerprint density at radius 1 is 1.08 bits per heavy atom. The molecule has 4 nitrogen and oxygen atoms in total. The lowest BCUT2D eigenvalue weighted by atomic mass is 9.69. The topological polar surface area (TPSA) is 52.6 Å². The fourth-order valence-electron chi connectivity index (χ4n) is 5.30. The summed E-state index contributed by atoms with van der Waals surface area (Å²) >= 11 is 0. The van der Waals surface area contributed by atoms with E-state index in [0.29, 0.717) is 18.3 Å². The second kappa shape index (κ2) is 8.23. The van der Waals surface area contributed by atoms with Crippen molar-refractivity contribution < 1.29 is 19.1 Å². The van der Waals surface area contributed by atoms with Crippen molar-refractivity contribution in [3.63, 3.8) is 0 Å². The molecule has 0 aromatic rings. The van der Waals surface area contributed by atoms with E-state index in [0.717, 1.165) is 25.7 Å². The van der Waals surface area contributed by atoms with Crippen LogP contribution in [0.1, 0.15) is 51.9 Å². The number of hydrogen-bond donors (Lipinski definition) is 0. The van der Waals surface area contributed by atoms with Crippen LogP contribution in [0.3, 0.4) is 0 Å². The van der Waals surface area contributed by atoms with E-state index in [-0.39, 0.29) is 17.9 Å². The van der Waals surface area contributed by atoms with Gasteiger partial charge in [-0.1, -0.05) is 57.8 Å². The first-order valence-corrected chi connectivity index (χ1v) is 13.4. The van der Waals surface area contributed by atoms with Gasteiger partial charge in [-0.3, -0.25) is 9.59 Å². The molecule has 0 amide bonds. The summed E-state index contributed by atoms with van der Waals surface area (Å²) < 4.78 is 10.2. The zero-order valence-corrected chi connectivity index (χ0v) is 17.7. The summed E-state index contributed by atoms with van der Waals surface area (Å²) in [7, 11) is 1.72. The Bertz CT molecular complexity index is 472. The molecule has 0 spiro atoms. The van der Waals surface area contributed by atoms with Crippen LogP contribution in [-0.2, 0) is 19.1 Å². The van der Waals surface area contributed by atoms with Crippen LogP contribution in [-0.4, -0.2) is 34.2 Å². The van der Waals surface area contributed by atoms with Crippen LogP contribution in [0, 0.1) is 23.2 Å². The molecule has 0 radical (unpaired) electrons. The summed E-state index contributed by atoms with van der Waals surface area (Å²) in [6.45, 7) is 7.22. The van der Waals surface area contributed by atoms with Crippen LogP contribution >= 0.6 is 0 Å². The summed E-state index contributed by atoms with van der Waals surface area (Å²) in [4.78, 5) is 25.4. The molecular formula is C20H36O4Si. The van der Waals surface area contributed by atoms with Gasteiger partial charge in [0, 0.05) is 8.07 Å². The van der Waals surface area contributed by atoms with Gasteiger partial charge in [0.05, 0.1) is 14.2 Å². The number of fused-ring (bicyclic) bond motifs is 1. The first-order chi connectivity index (χ1) is 11.8. The summed E-state index contributed by atoms with van der Waals surface area (Å²) in [6, 6.07) is 2.65. The van der Waals surface area contributed by atoms with Crippen LogP contribution in [0.2, 0.25) is 25.2 Å². The van der Waals surface area contributed by atoms with Gasteiger partial charge in [0.15, 0.2) is 5.41 Å². The van der Waals surface area contributed by atoms with Crippen molar-refractivity contribution in [3.05, 3.63) is 0 Å². The molecule has 3 unspecified atom stereocenters. The maximum Gasteiger partial charge on any atom is 0.323 e. The van der Waals surface area contributed by atoms with E-state index in [2.05, 4.69) is 20.0 Å². The average molecular weight is 369 g/mol. The van der Waals surface area contributed by atoms with Crippen LogP contribution in [0.4, 0.5) is 0 Å². The normalized spacial score (nSPS) is 28.3. The second-order valence-corrected chi connectivity index (χ2v) is 14.4. The lowest BCUT2D eigenvalue weighted by molar-refractivity contribution is -0.173. The van der Waals surface area contributed by atoms with E-state index >= 15 is 0 Å². The first kappa shape index (κ1) is 20.5. The summed E-state index contributed by atoms with van der Waals surface area (Å²) in [6.07, 6.45) is 7.37. The van der Waals surface area contributed by atoms with Gasteiger partial charge >= 0.3 is 11.9 Å². The fraction of sp³-hybridized carbons (Fsp3) is 0.900. The molecule has 0 N–H and O–H groups in total. The van der Waals surface area contributed by atoms with E-state index in [9.17, 15) is 9.59 Å². The highest BCUT2D eigenvalue weighted by atomic mass is 28.3. The van der Waals surface area contributed by atoms with Gasteiger partial charge in [-0.15, -0.1) is 0 Å². The van der Waals surface area contributed by atoms with Crippen LogP contribution in [0.5, 0.6) is 0 Å². The molecule has 25 heavy (non-hydrogen) atoms. The Labute approximate surface area is 154 Å². The van der Waals surface area contributed by atoms with Gasteiger partial charge in [0.1, 0.15) is 0 Å². The molecule has 0 heterocycles. The van der Waals surface area contributed by atoms with Gasteiger partial charge in [0.2, 0.25) is 0 Å². The number of carbonyl (C=O) groups excluding carboxylic acids is 2. The molecule has 0 aromatic carbocycles. The molecule has 3 atom stereocenters. The van der Waals surface area contributed by atoms with E-state index in [4.69, 9.17) is 9.47 Å². The Balaban J connectivity index is 2.19. The van der Waals surface area contributed by atoms with Gasteiger partial charge in [-0.2, -0.15) is 0 Å². The minimum absolute atomic E-state index is 0.0996. The van der Waals surface area contributed by atoms with Crippen molar-refractivity contribution in [1.29, 1.82) is 0 Å². The summed E-state index contributed by atoms with van der Waals surface area (Å²) in [5.74, 6) is 0.273. The molecular weight excluding hydrogens is 332 g/mol. The molecule has 2 aliphatic carbocycles. The SMILES string of the molecule is CC[Si](C)(C)CCCC1CC(C(=O)OC)(C(=O)OC)C2CCCCC12. The zero-order chi connectivity index (χ0) is 18.7. The highest BCUT2D eigenvalue weighted by molar-refractivity contribution is 6.77. The van der Waals surface area contributed by atoms with E-state index in [1.165, 1.54) is 39.1 Å². The standard InChI is InChI=1S/C20H36O4Si/c1-6-25(4,5)13-9-10-15-14-20(18(21)23-2,19(22)24-3)17-12-8-7-11-16(15)17/h15-17H,6-14H2,1-5H3. The fourth-order valence-corrected chi connectivity index (χ4v) is 6.82. The van der Waals surface area contributed by atoms with Gasteiger partial charge in [0.25, 0.3) is 0 Å². The Morgan fingerprint density at radius 3 is 2.24 bits per heavy atom. The third-order valence-electron chi connectivity index (χ3n) is 7.13.